The number of hydrogen-bond acceptors (Lipinski definition) is 4. The summed E-state index contributed by atoms with van der Waals surface area (Å²) in [5, 5.41) is 3.60. The summed E-state index contributed by atoms with van der Waals surface area (Å²) in [6.07, 6.45) is 1.87. The lowest BCUT2D eigenvalue weighted by Gasteiger charge is -2.20. The molecule has 30 heavy (non-hydrogen) atoms. The first kappa shape index (κ1) is 20.2. The van der Waals surface area contributed by atoms with Crippen LogP contribution in [0.25, 0.3) is 16.6 Å². The molecule has 0 saturated heterocycles. The number of fused-ring (bicyclic) bond motifs is 1. The van der Waals surface area contributed by atoms with Crippen LogP contribution in [0.2, 0.25) is 5.02 Å². The van der Waals surface area contributed by atoms with Crippen LogP contribution < -0.4 is 21.3 Å². The zero-order chi connectivity index (χ0) is 21.4. The summed E-state index contributed by atoms with van der Waals surface area (Å²) in [4.78, 5) is 39.3. The number of amides is 1. The molecule has 1 heterocycles. The number of ether oxygens (including phenoxy) is 1. The third kappa shape index (κ3) is 3.73. The van der Waals surface area contributed by atoms with Crippen LogP contribution in [0.3, 0.4) is 0 Å². The minimum Gasteiger partial charge on any atom is -0.494 e. The molecule has 1 unspecified atom stereocenters. The molecule has 0 spiro atoms. The summed E-state index contributed by atoms with van der Waals surface area (Å²) in [6.45, 7) is 4.03. The Morgan fingerprint density at radius 2 is 1.90 bits per heavy atom. The predicted molar refractivity (Wildman–Crippen MR) is 116 cm³/mol. The Morgan fingerprint density at radius 1 is 1.20 bits per heavy atom. The second kappa shape index (κ2) is 7.99. The molecular formula is C22H22ClN3O4. The maximum absolute atomic E-state index is 13.4. The van der Waals surface area contributed by atoms with Gasteiger partial charge in [-0.1, -0.05) is 11.6 Å². The topological polar surface area (TPSA) is 82.3 Å². The molecule has 7 nitrogen and oxygen atoms in total. The lowest BCUT2D eigenvalue weighted by atomic mass is 10.2. The van der Waals surface area contributed by atoms with E-state index < -0.39 is 17.3 Å². The third-order valence-corrected chi connectivity index (χ3v) is 5.38. The van der Waals surface area contributed by atoms with Crippen LogP contribution >= 0.6 is 11.6 Å². The first-order chi connectivity index (χ1) is 14.4. The van der Waals surface area contributed by atoms with E-state index in [0.29, 0.717) is 34.0 Å². The Hall–Kier alpha value is -3.06. The van der Waals surface area contributed by atoms with Crippen LogP contribution in [0.5, 0.6) is 5.75 Å². The zero-order valence-corrected chi connectivity index (χ0v) is 17.5. The molecule has 0 bridgehead atoms. The Morgan fingerprint density at radius 3 is 2.53 bits per heavy atom. The van der Waals surface area contributed by atoms with E-state index in [1.807, 2.05) is 6.92 Å². The molecule has 1 amide bonds. The van der Waals surface area contributed by atoms with E-state index in [4.69, 9.17) is 16.3 Å². The van der Waals surface area contributed by atoms with Crippen molar-refractivity contribution in [3.8, 4) is 11.4 Å². The van der Waals surface area contributed by atoms with Gasteiger partial charge in [-0.3, -0.25) is 14.2 Å². The maximum atomic E-state index is 13.4. The highest BCUT2D eigenvalue weighted by atomic mass is 35.5. The summed E-state index contributed by atoms with van der Waals surface area (Å²) in [5.74, 6) is 0.372. The third-order valence-electron chi connectivity index (χ3n) is 5.15. The Balaban J connectivity index is 1.93. The molecule has 1 aliphatic rings. The fourth-order valence-corrected chi connectivity index (χ4v) is 3.60. The monoisotopic (exact) mass is 427 g/mol. The Kier molecular flexibility index (Phi) is 5.39. The summed E-state index contributed by atoms with van der Waals surface area (Å²) in [5.41, 5.74) is -0.341. The van der Waals surface area contributed by atoms with Crippen molar-refractivity contribution >= 4 is 28.4 Å². The highest BCUT2D eigenvalue weighted by Gasteiger charge is 2.28. The van der Waals surface area contributed by atoms with Gasteiger partial charge in [0.1, 0.15) is 11.8 Å². The number of carbonyl (C=O) groups is 1. The van der Waals surface area contributed by atoms with Crippen molar-refractivity contribution in [1.29, 1.82) is 0 Å². The first-order valence-electron chi connectivity index (χ1n) is 9.91. The number of halogens is 1. The van der Waals surface area contributed by atoms with E-state index in [9.17, 15) is 14.4 Å². The fourth-order valence-electron chi connectivity index (χ4n) is 3.43. The molecule has 1 fully saturated rings. The quantitative estimate of drug-likeness (QED) is 0.655. The van der Waals surface area contributed by atoms with Gasteiger partial charge in [0.15, 0.2) is 0 Å². The lowest BCUT2D eigenvalue weighted by Crippen LogP contribution is -2.44. The molecule has 2 aromatic carbocycles. The van der Waals surface area contributed by atoms with E-state index in [0.717, 1.165) is 17.4 Å². The molecular weight excluding hydrogens is 406 g/mol. The lowest BCUT2D eigenvalue weighted by molar-refractivity contribution is -0.124. The number of hydrogen-bond donors (Lipinski definition) is 1. The molecule has 156 valence electrons. The summed E-state index contributed by atoms with van der Waals surface area (Å²) in [6, 6.07) is 10.8. The van der Waals surface area contributed by atoms with Crippen molar-refractivity contribution in [3.05, 3.63) is 68.3 Å². The zero-order valence-electron chi connectivity index (χ0n) is 16.7. The molecule has 4 rings (SSSR count). The molecule has 1 aliphatic carbocycles. The average molecular weight is 428 g/mol. The molecule has 1 N–H and O–H groups in total. The number of carbonyl (C=O) groups excluding carboxylic acids is 1. The summed E-state index contributed by atoms with van der Waals surface area (Å²) >= 11 is 6.14. The van der Waals surface area contributed by atoms with Gasteiger partial charge in [-0.2, -0.15) is 0 Å². The van der Waals surface area contributed by atoms with Crippen LogP contribution in [-0.2, 0) is 4.79 Å². The molecule has 1 saturated carbocycles. The molecule has 0 aliphatic heterocycles. The minimum absolute atomic E-state index is 0.155. The number of aromatic nitrogens is 2. The van der Waals surface area contributed by atoms with E-state index >= 15 is 0 Å². The van der Waals surface area contributed by atoms with Crippen molar-refractivity contribution in [1.82, 2.24) is 14.5 Å². The average Bonchev–Trinajstić information content (AvgIpc) is 3.53. The van der Waals surface area contributed by atoms with Gasteiger partial charge in [-0.25, -0.2) is 9.36 Å². The van der Waals surface area contributed by atoms with E-state index in [-0.39, 0.29) is 11.9 Å². The SMILES string of the molecule is CCOc1ccc(-n2c(=O)c3ccc(Cl)cc3n(C(C)C(=O)NC3CC3)c2=O)cc1. The Labute approximate surface area is 177 Å². The van der Waals surface area contributed by atoms with Crippen LogP contribution in [-0.4, -0.2) is 27.7 Å². The number of nitrogens with one attached hydrogen (secondary N) is 1. The van der Waals surface area contributed by atoms with Gasteiger partial charge in [0.2, 0.25) is 5.91 Å². The van der Waals surface area contributed by atoms with Gasteiger partial charge < -0.3 is 10.1 Å². The summed E-state index contributed by atoms with van der Waals surface area (Å²) in [7, 11) is 0. The minimum atomic E-state index is -0.811. The molecule has 3 aromatic rings. The maximum Gasteiger partial charge on any atom is 0.336 e. The number of rotatable bonds is 6. The van der Waals surface area contributed by atoms with E-state index in [1.54, 1.807) is 49.4 Å². The van der Waals surface area contributed by atoms with Crippen LogP contribution in [0.15, 0.2) is 52.1 Å². The standard InChI is InChI=1S/C22H22ClN3O4/c1-3-30-17-9-7-16(8-10-17)26-21(28)18-11-4-14(23)12-19(18)25(22(26)29)13(2)20(27)24-15-5-6-15/h4,7-13,15H,3,5-6H2,1-2H3,(H,24,27). The largest absolute Gasteiger partial charge is 0.494 e. The smallest absolute Gasteiger partial charge is 0.336 e. The molecule has 1 atom stereocenters. The molecule has 1 aromatic heterocycles. The second-order valence-corrected chi connectivity index (χ2v) is 7.78. The normalized spacial score (nSPS) is 14.5. The Bertz CT molecular complexity index is 1230. The van der Waals surface area contributed by atoms with Crippen LogP contribution in [0.1, 0.15) is 32.7 Å². The van der Waals surface area contributed by atoms with Gasteiger partial charge in [0.25, 0.3) is 5.56 Å². The highest BCUT2D eigenvalue weighted by Crippen LogP contribution is 2.22. The van der Waals surface area contributed by atoms with Gasteiger partial charge in [-0.05, 0) is 69.2 Å². The molecule has 8 heteroatoms. The predicted octanol–water partition coefficient (Wildman–Crippen LogP) is 3.04. The fraction of sp³-hybridized carbons (Fsp3) is 0.318. The van der Waals surface area contributed by atoms with E-state index in [1.165, 1.54) is 4.57 Å². The summed E-state index contributed by atoms with van der Waals surface area (Å²) < 4.78 is 7.84. The first-order valence-corrected chi connectivity index (χ1v) is 10.3. The van der Waals surface area contributed by atoms with Gasteiger partial charge in [0.05, 0.1) is 23.2 Å². The van der Waals surface area contributed by atoms with Crippen molar-refractivity contribution in [2.75, 3.05) is 6.61 Å². The van der Waals surface area contributed by atoms with Crippen molar-refractivity contribution < 1.29 is 9.53 Å². The van der Waals surface area contributed by atoms with Gasteiger partial charge >= 0.3 is 5.69 Å². The van der Waals surface area contributed by atoms with Gasteiger partial charge in [0, 0.05) is 11.1 Å². The number of nitrogens with zero attached hydrogens (tertiary/aromatic N) is 2. The second-order valence-electron chi connectivity index (χ2n) is 7.34. The highest BCUT2D eigenvalue weighted by molar-refractivity contribution is 6.31. The number of benzene rings is 2. The van der Waals surface area contributed by atoms with Gasteiger partial charge in [-0.15, -0.1) is 0 Å². The van der Waals surface area contributed by atoms with Crippen molar-refractivity contribution in [2.45, 2.75) is 38.8 Å². The van der Waals surface area contributed by atoms with Crippen molar-refractivity contribution in [3.63, 3.8) is 0 Å². The van der Waals surface area contributed by atoms with Crippen LogP contribution in [0.4, 0.5) is 0 Å². The van der Waals surface area contributed by atoms with Crippen LogP contribution in [0, 0.1) is 0 Å². The van der Waals surface area contributed by atoms with Crippen molar-refractivity contribution in [2.24, 2.45) is 0 Å². The van der Waals surface area contributed by atoms with E-state index in [2.05, 4.69) is 5.32 Å². The molecule has 0 radical (unpaired) electrons.